The summed E-state index contributed by atoms with van der Waals surface area (Å²) in [5.41, 5.74) is 0. The first-order valence-electron chi connectivity index (χ1n) is 5.99. The van der Waals surface area contributed by atoms with Crippen LogP contribution in [0.2, 0.25) is 0 Å². The molecule has 0 aromatic rings. The molecule has 1 heterocycles. The molecule has 0 saturated carbocycles. The molecule has 17 heavy (non-hydrogen) atoms. The smallest absolute Gasteiger partial charge is 0.314 e. The van der Waals surface area contributed by atoms with Gasteiger partial charge in [0.25, 0.3) is 0 Å². The van der Waals surface area contributed by atoms with Crippen LogP contribution < -0.4 is 10.6 Å². The first kappa shape index (κ1) is 13.8. The van der Waals surface area contributed by atoms with Crippen molar-refractivity contribution in [1.29, 1.82) is 0 Å². The molecule has 6 nitrogen and oxygen atoms in total. The molecule has 2 atom stereocenters. The van der Waals surface area contributed by atoms with Crippen molar-refractivity contribution in [3.05, 3.63) is 0 Å². The van der Waals surface area contributed by atoms with Crippen LogP contribution in [0.1, 0.15) is 26.2 Å². The topological polar surface area (TPSA) is 87.7 Å². The zero-order chi connectivity index (χ0) is 12.7. The maximum atomic E-state index is 11.4. The summed E-state index contributed by atoms with van der Waals surface area (Å²) in [5, 5.41) is 14.0. The normalized spacial score (nSPS) is 20.9. The average Bonchev–Trinajstić information content (AvgIpc) is 2.79. The highest BCUT2D eigenvalue weighted by atomic mass is 16.5. The second-order valence-corrected chi connectivity index (χ2v) is 4.17. The Morgan fingerprint density at radius 2 is 2.24 bits per heavy atom. The molecule has 6 heteroatoms. The van der Waals surface area contributed by atoms with E-state index >= 15 is 0 Å². The summed E-state index contributed by atoms with van der Waals surface area (Å²) < 4.78 is 5.35. The number of carboxylic acid groups (broad SMARTS) is 1. The summed E-state index contributed by atoms with van der Waals surface area (Å²) in [6.45, 7) is 3.18. The van der Waals surface area contributed by atoms with Crippen LogP contribution in [0.25, 0.3) is 0 Å². The van der Waals surface area contributed by atoms with Gasteiger partial charge in [-0.15, -0.1) is 0 Å². The third-order valence-corrected chi connectivity index (χ3v) is 2.87. The van der Waals surface area contributed by atoms with Gasteiger partial charge in [-0.2, -0.15) is 0 Å². The first-order chi connectivity index (χ1) is 8.13. The number of hydrogen-bond acceptors (Lipinski definition) is 3. The van der Waals surface area contributed by atoms with Crippen molar-refractivity contribution >= 4 is 12.0 Å². The van der Waals surface area contributed by atoms with Crippen LogP contribution in [0.3, 0.4) is 0 Å². The Kier molecular flexibility index (Phi) is 5.76. The molecule has 2 amide bonds. The van der Waals surface area contributed by atoms with Crippen molar-refractivity contribution in [3.8, 4) is 0 Å². The predicted molar refractivity (Wildman–Crippen MR) is 61.8 cm³/mol. The Labute approximate surface area is 101 Å². The van der Waals surface area contributed by atoms with Crippen LogP contribution in [0.4, 0.5) is 4.79 Å². The van der Waals surface area contributed by atoms with E-state index in [1.165, 1.54) is 0 Å². The van der Waals surface area contributed by atoms with Gasteiger partial charge in [0, 0.05) is 19.7 Å². The third kappa shape index (κ3) is 5.04. The van der Waals surface area contributed by atoms with Crippen molar-refractivity contribution in [2.75, 3.05) is 19.7 Å². The minimum atomic E-state index is -0.882. The predicted octanol–water partition coefficient (Wildman–Crippen LogP) is 0.575. The SMILES string of the molecule is CCC(CNC(=O)NCC1CCCO1)C(=O)O. The highest BCUT2D eigenvalue weighted by Gasteiger charge is 2.18. The molecule has 0 radical (unpaired) electrons. The van der Waals surface area contributed by atoms with Gasteiger partial charge >= 0.3 is 12.0 Å². The zero-order valence-corrected chi connectivity index (χ0v) is 10.1. The largest absolute Gasteiger partial charge is 0.481 e. The number of carbonyl (C=O) groups excluding carboxylic acids is 1. The molecule has 3 N–H and O–H groups in total. The summed E-state index contributed by atoms with van der Waals surface area (Å²) in [6.07, 6.45) is 2.60. The van der Waals surface area contributed by atoms with Crippen LogP contribution in [-0.4, -0.2) is 42.9 Å². The van der Waals surface area contributed by atoms with E-state index in [1.54, 1.807) is 6.92 Å². The molecule has 1 aliphatic heterocycles. The van der Waals surface area contributed by atoms with Gasteiger partial charge in [-0.1, -0.05) is 6.92 Å². The van der Waals surface area contributed by atoms with Crippen LogP contribution in [-0.2, 0) is 9.53 Å². The minimum Gasteiger partial charge on any atom is -0.481 e. The molecular weight excluding hydrogens is 224 g/mol. The lowest BCUT2D eigenvalue weighted by molar-refractivity contribution is -0.141. The first-order valence-corrected chi connectivity index (χ1v) is 5.99. The number of aliphatic carboxylic acids is 1. The number of carboxylic acids is 1. The lowest BCUT2D eigenvalue weighted by atomic mass is 10.1. The van der Waals surface area contributed by atoms with Crippen molar-refractivity contribution in [2.24, 2.45) is 5.92 Å². The quantitative estimate of drug-likeness (QED) is 0.637. The van der Waals surface area contributed by atoms with Crippen molar-refractivity contribution in [2.45, 2.75) is 32.3 Å². The minimum absolute atomic E-state index is 0.0993. The second kappa shape index (κ2) is 7.11. The van der Waals surface area contributed by atoms with E-state index in [1.807, 2.05) is 0 Å². The number of carbonyl (C=O) groups is 2. The van der Waals surface area contributed by atoms with E-state index in [4.69, 9.17) is 9.84 Å². The van der Waals surface area contributed by atoms with E-state index in [-0.39, 0.29) is 18.7 Å². The molecule has 0 aromatic heterocycles. The maximum absolute atomic E-state index is 11.4. The van der Waals surface area contributed by atoms with Gasteiger partial charge in [0.2, 0.25) is 0 Å². The fourth-order valence-corrected chi connectivity index (χ4v) is 1.70. The standard InChI is InChI=1S/C11H20N2O4/c1-2-8(10(14)15)6-12-11(16)13-7-9-4-3-5-17-9/h8-9H,2-7H2,1H3,(H,14,15)(H2,12,13,16). The third-order valence-electron chi connectivity index (χ3n) is 2.87. The van der Waals surface area contributed by atoms with Crippen LogP contribution in [0.15, 0.2) is 0 Å². The summed E-state index contributed by atoms with van der Waals surface area (Å²) >= 11 is 0. The lowest BCUT2D eigenvalue weighted by Crippen LogP contribution is -2.42. The monoisotopic (exact) mass is 244 g/mol. The van der Waals surface area contributed by atoms with E-state index in [9.17, 15) is 9.59 Å². The van der Waals surface area contributed by atoms with Crippen LogP contribution >= 0.6 is 0 Å². The van der Waals surface area contributed by atoms with Crippen molar-refractivity contribution in [3.63, 3.8) is 0 Å². The van der Waals surface area contributed by atoms with Gasteiger partial charge in [0.15, 0.2) is 0 Å². The van der Waals surface area contributed by atoms with Gasteiger partial charge in [0.1, 0.15) is 0 Å². The fourth-order valence-electron chi connectivity index (χ4n) is 1.70. The molecule has 1 saturated heterocycles. The summed E-state index contributed by atoms with van der Waals surface area (Å²) in [5.74, 6) is -1.41. The Bertz CT molecular complexity index is 264. The molecule has 0 aromatic carbocycles. The van der Waals surface area contributed by atoms with Gasteiger partial charge in [-0.05, 0) is 19.3 Å². The number of amides is 2. The van der Waals surface area contributed by atoms with Gasteiger partial charge < -0.3 is 20.5 Å². The Morgan fingerprint density at radius 1 is 1.47 bits per heavy atom. The summed E-state index contributed by atoms with van der Waals surface area (Å²) in [4.78, 5) is 22.1. The summed E-state index contributed by atoms with van der Waals surface area (Å²) in [6, 6.07) is -0.333. The molecule has 1 fully saturated rings. The zero-order valence-electron chi connectivity index (χ0n) is 10.1. The molecule has 0 aliphatic carbocycles. The summed E-state index contributed by atoms with van der Waals surface area (Å²) in [7, 11) is 0. The number of ether oxygens (including phenoxy) is 1. The number of rotatable bonds is 6. The number of hydrogen-bond donors (Lipinski definition) is 3. The Hall–Kier alpha value is -1.30. The number of urea groups is 1. The van der Waals surface area contributed by atoms with Crippen molar-refractivity contribution < 1.29 is 19.4 Å². The highest BCUT2D eigenvalue weighted by molar-refractivity contribution is 5.75. The molecule has 98 valence electrons. The molecule has 1 rings (SSSR count). The molecular formula is C11H20N2O4. The lowest BCUT2D eigenvalue weighted by Gasteiger charge is -2.14. The maximum Gasteiger partial charge on any atom is 0.314 e. The number of nitrogens with one attached hydrogen (secondary N) is 2. The molecule has 1 aliphatic rings. The Morgan fingerprint density at radius 3 is 2.76 bits per heavy atom. The van der Waals surface area contributed by atoms with E-state index in [0.717, 1.165) is 19.4 Å². The van der Waals surface area contributed by atoms with Gasteiger partial charge in [-0.25, -0.2) is 4.79 Å². The average molecular weight is 244 g/mol. The highest BCUT2D eigenvalue weighted by Crippen LogP contribution is 2.10. The van der Waals surface area contributed by atoms with Crippen LogP contribution in [0, 0.1) is 5.92 Å². The van der Waals surface area contributed by atoms with Crippen LogP contribution in [0.5, 0.6) is 0 Å². The van der Waals surface area contributed by atoms with E-state index < -0.39 is 11.9 Å². The Balaban J connectivity index is 2.13. The fraction of sp³-hybridized carbons (Fsp3) is 0.818. The molecule has 2 unspecified atom stereocenters. The molecule has 0 bridgehead atoms. The second-order valence-electron chi connectivity index (χ2n) is 4.17. The van der Waals surface area contributed by atoms with Crippen molar-refractivity contribution in [1.82, 2.24) is 10.6 Å². The van der Waals surface area contributed by atoms with E-state index in [2.05, 4.69) is 10.6 Å². The molecule has 0 spiro atoms. The van der Waals surface area contributed by atoms with E-state index in [0.29, 0.717) is 13.0 Å². The van der Waals surface area contributed by atoms with Gasteiger partial charge in [0.05, 0.1) is 12.0 Å². The van der Waals surface area contributed by atoms with Gasteiger partial charge in [-0.3, -0.25) is 4.79 Å².